The molecule has 20 heavy (non-hydrogen) atoms. The van der Waals surface area contributed by atoms with Gasteiger partial charge in [0.05, 0.1) is 0 Å². The van der Waals surface area contributed by atoms with Crippen LogP contribution in [0.25, 0.3) is 0 Å². The van der Waals surface area contributed by atoms with Gasteiger partial charge in [0.15, 0.2) is 5.16 Å². The van der Waals surface area contributed by atoms with Crippen LogP contribution in [0.1, 0.15) is 0 Å². The third-order valence-corrected chi connectivity index (χ3v) is 3.19. The second kappa shape index (κ2) is 6.12. The van der Waals surface area contributed by atoms with Crippen molar-refractivity contribution in [2.75, 3.05) is 0 Å². The van der Waals surface area contributed by atoms with E-state index in [4.69, 9.17) is 4.74 Å². The zero-order valence-corrected chi connectivity index (χ0v) is 11.2. The Balaban J connectivity index is 1.76. The number of hydrogen-bond acceptors (Lipinski definition) is 6. The van der Waals surface area contributed by atoms with E-state index in [1.165, 1.54) is 11.8 Å². The molecule has 0 fully saturated rings. The van der Waals surface area contributed by atoms with Crippen LogP contribution in [0.5, 0.6) is 11.9 Å². The minimum atomic E-state index is 0.266. The molecule has 1 aromatic carbocycles. The molecule has 6 heteroatoms. The Bertz CT molecular complexity index is 622. The lowest BCUT2D eigenvalue weighted by atomic mass is 10.4. The molecule has 0 unspecified atom stereocenters. The zero-order valence-electron chi connectivity index (χ0n) is 10.4. The summed E-state index contributed by atoms with van der Waals surface area (Å²) < 4.78 is 5.47. The van der Waals surface area contributed by atoms with Crippen molar-refractivity contribution in [3.05, 3.63) is 61.1 Å². The molecule has 0 amide bonds. The highest BCUT2D eigenvalue weighted by Gasteiger charge is 2.04. The summed E-state index contributed by atoms with van der Waals surface area (Å²) in [6.45, 7) is 0. The fraction of sp³-hybridized carbons (Fsp3) is 0. The van der Waals surface area contributed by atoms with Gasteiger partial charge in [0, 0.05) is 29.6 Å². The molecular formula is C14H10N4OS. The van der Waals surface area contributed by atoms with Gasteiger partial charge in [-0.1, -0.05) is 18.2 Å². The molecule has 0 aliphatic carbocycles. The first kappa shape index (κ1) is 12.6. The first-order valence-corrected chi connectivity index (χ1v) is 6.72. The number of rotatable bonds is 4. The number of ether oxygens (including phenoxy) is 1. The third kappa shape index (κ3) is 3.30. The molecule has 0 bridgehead atoms. The monoisotopic (exact) mass is 282 g/mol. The molecule has 98 valence electrons. The highest BCUT2D eigenvalue weighted by Crippen LogP contribution is 2.25. The van der Waals surface area contributed by atoms with E-state index >= 15 is 0 Å². The standard InChI is InChI=1S/C14H10N4OS/c1-2-5-11(6-3-1)20-14-17-10-7-12(18-14)19-13-15-8-4-9-16-13/h1-10H. The van der Waals surface area contributed by atoms with Gasteiger partial charge in [-0.25, -0.2) is 15.0 Å². The lowest BCUT2D eigenvalue weighted by Crippen LogP contribution is -1.94. The molecule has 0 N–H and O–H groups in total. The molecule has 3 rings (SSSR count). The summed E-state index contributed by atoms with van der Waals surface area (Å²) in [7, 11) is 0. The van der Waals surface area contributed by atoms with Gasteiger partial charge < -0.3 is 4.74 Å². The number of hydrogen-bond donors (Lipinski definition) is 0. The van der Waals surface area contributed by atoms with Crippen molar-refractivity contribution in [1.82, 2.24) is 19.9 Å². The van der Waals surface area contributed by atoms with Crippen LogP contribution in [0.4, 0.5) is 0 Å². The smallest absolute Gasteiger partial charge is 0.323 e. The second-order valence-corrected chi connectivity index (χ2v) is 4.77. The van der Waals surface area contributed by atoms with E-state index in [-0.39, 0.29) is 6.01 Å². The first-order chi connectivity index (χ1) is 9.90. The van der Waals surface area contributed by atoms with E-state index in [0.29, 0.717) is 11.0 Å². The Morgan fingerprint density at radius 1 is 0.800 bits per heavy atom. The van der Waals surface area contributed by atoms with E-state index < -0.39 is 0 Å². The van der Waals surface area contributed by atoms with Crippen molar-refractivity contribution < 1.29 is 4.74 Å². The summed E-state index contributed by atoms with van der Waals surface area (Å²) >= 11 is 1.47. The van der Waals surface area contributed by atoms with Crippen LogP contribution in [-0.2, 0) is 0 Å². The van der Waals surface area contributed by atoms with Crippen LogP contribution >= 0.6 is 11.8 Å². The van der Waals surface area contributed by atoms with E-state index in [1.807, 2.05) is 30.3 Å². The lowest BCUT2D eigenvalue weighted by molar-refractivity contribution is 0.419. The van der Waals surface area contributed by atoms with E-state index in [0.717, 1.165) is 4.90 Å². The number of benzene rings is 1. The molecule has 0 aliphatic heterocycles. The molecule has 0 saturated carbocycles. The Labute approximate surface area is 120 Å². The van der Waals surface area contributed by atoms with Crippen LogP contribution < -0.4 is 4.74 Å². The van der Waals surface area contributed by atoms with Crippen LogP contribution in [0.3, 0.4) is 0 Å². The van der Waals surface area contributed by atoms with Crippen molar-refractivity contribution in [2.24, 2.45) is 0 Å². The minimum Gasteiger partial charge on any atom is -0.405 e. The van der Waals surface area contributed by atoms with Gasteiger partial charge in [0.25, 0.3) is 0 Å². The van der Waals surface area contributed by atoms with Crippen molar-refractivity contribution in [3.8, 4) is 11.9 Å². The predicted molar refractivity (Wildman–Crippen MR) is 74.7 cm³/mol. The zero-order chi connectivity index (χ0) is 13.6. The highest BCUT2D eigenvalue weighted by molar-refractivity contribution is 7.99. The fourth-order valence-electron chi connectivity index (χ4n) is 1.46. The summed E-state index contributed by atoms with van der Waals surface area (Å²) in [5.74, 6) is 0.421. The molecule has 0 aliphatic rings. The maximum absolute atomic E-state index is 5.47. The van der Waals surface area contributed by atoms with Crippen LogP contribution in [0, 0.1) is 0 Å². The number of aromatic nitrogens is 4. The predicted octanol–water partition coefficient (Wildman–Crippen LogP) is 3.21. The maximum Gasteiger partial charge on any atom is 0.323 e. The summed E-state index contributed by atoms with van der Waals surface area (Å²) in [5, 5.41) is 0.615. The maximum atomic E-state index is 5.47. The first-order valence-electron chi connectivity index (χ1n) is 5.91. The van der Waals surface area contributed by atoms with Crippen LogP contribution in [0.15, 0.2) is 71.1 Å². The van der Waals surface area contributed by atoms with Gasteiger partial charge in [0.2, 0.25) is 5.88 Å². The summed E-state index contributed by atoms with van der Waals surface area (Å²) in [6, 6.07) is 13.6. The van der Waals surface area contributed by atoms with Crippen molar-refractivity contribution in [3.63, 3.8) is 0 Å². The van der Waals surface area contributed by atoms with Crippen molar-refractivity contribution >= 4 is 11.8 Å². The summed E-state index contributed by atoms with van der Waals surface area (Å²) in [4.78, 5) is 17.6. The van der Waals surface area contributed by atoms with Gasteiger partial charge in [-0.3, -0.25) is 0 Å². The molecule has 5 nitrogen and oxygen atoms in total. The van der Waals surface area contributed by atoms with E-state index in [2.05, 4.69) is 19.9 Å². The Morgan fingerprint density at radius 3 is 2.40 bits per heavy atom. The van der Waals surface area contributed by atoms with Crippen molar-refractivity contribution in [2.45, 2.75) is 10.1 Å². The highest BCUT2D eigenvalue weighted by atomic mass is 32.2. The summed E-state index contributed by atoms with van der Waals surface area (Å²) in [5.41, 5.74) is 0. The van der Waals surface area contributed by atoms with E-state index in [9.17, 15) is 0 Å². The molecule has 0 atom stereocenters. The Kier molecular flexibility index (Phi) is 3.84. The number of nitrogens with zero attached hydrogens (tertiary/aromatic N) is 4. The van der Waals surface area contributed by atoms with Crippen molar-refractivity contribution in [1.29, 1.82) is 0 Å². The Hall–Kier alpha value is -2.47. The molecule has 3 aromatic rings. The van der Waals surface area contributed by atoms with Crippen LogP contribution in [-0.4, -0.2) is 19.9 Å². The Morgan fingerprint density at radius 2 is 1.60 bits per heavy atom. The van der Waals surface area contributed by atoms with E-state index in [1.54, 1.807) is 30.7 Å². The second-order valence-electron chi connectivity index (χ2n) is 3.73. The van der Waals surface area contributed by atoms with Crippen LogP contribution in [0.2, 0.25) is 0 Å². The normalized spacial score (nSPS) is 10.2. The van der Waals surface area contributed by atoms with Gasteiger partial charge in [-0.05, 0) is 30.0 Å². The average Bonchev–Trinajstić information content (AvgIpc) is 2.50. The van der Waals surface area contributed by atoms with Gasteiger partial charge >= 0.3 is 6.01 Å². The molecule has 0 spiro atoms. The fourth-order valence-corrected chi connectivity index (χ4v) is 2.21. The largest absolute Gasteiger partial charge is 0.405 e. The summed E-state index contributed by atoms with van der Waals surface area (Å²) in [6.07, 6.45) is 4.88. The molecular weight excluding hydrogens is 272 g/mol. The minimum absolute atomic E-state index is 0.266. The molecule has 2 aromatic heterocycles. The topological polar surface area (TPSA) is 60.8 Å². The molecule has 0 saturated heterocycles. The average molecular weight is 282 g/mol. The quantitative estimate of drug-likeness (QED) is 0.685. The SMILES string of the molecule is c1ccc(Sc2nccc(Oc3ncccn3)n2)cc1. The molecule has 2 heterocycles. The molecule has 0 radical (unpaired) electrons. The van der Waals surface area contributed by atoms with Gasteiger partial charge in [-0.2, -0.15) is 4.98 Å². The van der Waals surface area contributed by atoms with Gasteiger partial charge in [-0.15, -0.1) is 0 Å². The van der Waals surface area contributed by atoms with Gasteiger partial charge in [0.1, 0.15) is 0 Å². The lowest BCUT2D eigenvalue weighted by Gasteiger charge is -2.03. The third-order valence-electron chi connectivity index (χ3n) is 2.30.